The first-order valence-corrected chi connectivity index (χ1v) is 7.18. The number of benzene rings is 1. The van der Waals surface area contributed by atoms with Crippen molar-refractivity contribution in [2.75, 3.05) is 26.3 Å². The van der Waals surface area contributed by atoms with E-state index in [9.17, 15) is 4.79 Å². The van der Waals surface area contributed by atoms with Gasteiger partial charge in [-0.2, -0.15) is 5.10 Å². The predicted molar refractivity (Wildman–Crippen MR) is 80.4 cm³/mol. The molecule has 22 heavy (non-hydrogen) atoms. The maximum Gasteiger partial charge on any atom is 0.254 e. The Bertz CT molecular complexity index is 803. The largest absolute Gasteiger partial charge is 0.378 e. The number of aromatic nitrogens is 4. The minimum absolute atomic E-state index is 0.0305. The molecule has 112 valence electrons. The fourth-order valence-corrected chi connectivity index (χ4v) is 2.61. The molecule has 0 atom stereocenters. The smallest absolute Gasteiger partial charge is 0.254 e. The maximum atomic E-state index is 12.5. The lowest BCUT2D eigenvalue weighted by Gasteiger charge is -2.26. The lowest BCUT2D eigenvalue weighted by atomic mass is 10.1. The van der Waals surface area contributed by atoms with E-state index in [1.54, 1.807) is 6.20 Å². The number of aromatic amines is 2. The van der Waals surface area contributed by atoms with Gasteiger partial charge in [-0.25, -0.2) is 4.98 Å². The summed E-state index contributed by atoms with van der Waals surface area (Å²) in [5.74, 6) is 0.742. The molecule has 7 heteroatoms. The molecular formula is C15H15N5O2. The standard InChI is InChI=1S/C15H15N5O2/c21-15(20-5-7-22-8-6-20)10-1-2-11-13(9-10)18-14(17-11)12-3-4-16-19-12/h1-4,9H,5-8H2,(H,16,19)(H,17,18). The Kier molecular flexibility index (Phi) is 3.12. The normalized spacial score (nSPS) is 15.4. The number of amides is 1. The molecule has 1 fully saturated rings. The topological polar surface area (TPSA) is 86.9 Å². The third kappa shape index (κ3) is 2.25. The molecule has 3 aromatic rings. The number of imidazole rings is 1. The first-order chi connectivity index (χ1) is 10.8. The molecule has 1 aromatic carbocycles. The van der Waals surface area contributed by atoms with Gasteiger partial charge in [0.25, 0.3) is 5.91 Å². The van der Waals surface area contributed by atoms with E-state index in [4.69, 9.17) is 4.74 Å². The van der Waals surface area contributed by atoms with Gasteiger partial charge in [0.15, 0.2) is 5.82 Å². The van der Waals surface area contributed by atoms with E-state index in [-0.39, 0.29) is 5.91 Å². The molecule has 7 nitrogen and oxygen atoms in total. The molecule has 0 saturated carbocycles. The molecule has 0 unspecified atom stereocenters. The number of ether oxygens (including phenoxy) is 1. The van der Waals surface area contributed by atoms with Crippen molar-refractivity contribution in [3.63, 3.8) is 0 Å². The van der Waals surface area contributed by atoms with E-state index in [1.807, 2.05) is 29.2 Å². The van der Waals surface area contributed by atoms with E-state index >= 15 is 0 Å². The van der Waals surface area contributed by atoms with E-state index in [0.29, 0.717) is 37.7 Å². The van der Waals surface area contributed by atoms with Crippen molar-refractivity contribution in [1.29, 1.82) is 0 Å². The van der Waals surface area contributed by atoms with Crippen LogP contribution in [0.1, 0.15) is 10.4 Å². The number of carbonyl (C=O) groups excluding carboxylic acids is 1. The van der Waals surface area contributed by atoms with E-state index in [1.165, 1.54) is 0 Å². The van der Waals surface area contributed by atoms with Gasteiger partial charge in [-0.05, 0) is 24.3 Å². The fraction of sp³-hybridized carbons (Fsp3) is 0.267. The fourth-order valence-electron chi connectivity index (χ4n) is 2.61. The number of fused-ring (bicyclic) bond motifs is 1. The highest BCUT2D eigenvalue weighted by Gasteiger charge is 2.19. The van der Waals surface area contributed by atoms with Gasteiger partial charge in [-0.3, -0.25) is 9.89 Å². The summed E-state index contributed by atoms with van der Waals surface area (Å²) in [6.45, 7) is 2.47. The first kappa shape index (κ1) is 13.0. The number of morpholine rings is 1. The van der Waals surface area contributed by atoms with Crippen LogP contribution >= 0.6 is 0 Å². The molecule has 1 saturated heterocycles. The van der Waals surface area contributed by atoms with Crippen molar-refractivity contribution in [3.8, 4) is 11.5 Å². The summed E-state index contributed by atoms with van der Waals surface area (Å²) in [6, 6.07) is 7.37. The number of nitrogens with zero attached hydrogens (tertiary/aromatic N) is 3. The van der Waals surface area contributed by atoms with Gasteiger partial charge in [-0.1, -0.05) is 0 Å². The van der Waals surface area contributed by atoms with Crippen LogP contribution in [0.15, 0.2) is 30.5 Å². The summed E-state index contributed by atoms with van der Waals surface area (Å²) in [7, 11) is 0. The zero-order valence-corrected chi connectivity index (χ0v) is 11.9. The molecule has 1 amide bonds. The summed E-state index contributed by atoms with van der Waals surface area (Å²) in [6.07, 6.45) is 1.68. The van der Waals surface area contributed by atoms with Crippen LogP contribution in [0.4, 0.5) is 0 Å². The first-order valence-electron chi connectivity index (χ1n) is 7.18. The van der Waals surface area contributed by atoms with Gasteiger partial charge in [0.05, 0.1) is 24.2 Å². The summed E-state index contributed by atoms with van der Waals surface area (Å²) < 4.78 is 5.28. The van der Waals surface area contributed by atoms with Crippen LogP contribution in [0.2, 0.25) is 0 Å². The molecule has 2 aromatic heterocycles. The Morgan fingerprint density at radius 2 is 2.09 bits per heavy atom. The second-order valence-electron chi connectivity index (χ2n) is 5.19. The van der Waals surface area contributed by atoms with E-state index < -0.39 is 0 Å². The molecule has 0 bridgehead atoms. The summed E-state index contributed by atoms with van der Waals surface area (Å²) >= 11 is 0. The average molecular weight is 297 g/mol. The highest BCUT2D eigenvalue weighted by molar-refractivity contribution is 5.97. The van der Waals surface area contributed by atoms with Crippen LogP contribution in [0.3, 0.4) is 0 Å². The molecule has 1 aliphatic heterocycles. The van der Waals surface area contributed by atoms with Gasteiger partial charge in [-0.15, -0.1) is 0 Å². The van der Waals surface area contributed by atoms with Crippen LogP contribution < -0.4 is 0 Å². The quantitative estimate of drug-likeness (QED) is 0.749. The molecule has 3 heterocycles. The minimum atomic E-state index is 0.0305. The van der Waals surface area contributed by atoms with Gasteiger partial charge in [0, 0.05) is 24.8 Å². The zero-order chi connectivity index (χ0) is 14.9. The Morgan fingerprint density at radius 3 is 2.86 bits per heavy atom. The Morgan fingerprint density at radius 1 is 1.23 bits per heavy atom. The van der Waals surface area contributed by atoms with Crippen molar-refractivity contribution in [3.05, 3.63) is 36.0 Å². The summed E-state index contributed by atoms with van der Waals surface area (Å²) in [4.78, 5) is 22.0. The lowest BCUT2D eigenvalue weighted by Crippen LogP contribution is -2.40. The predicted octanol–water partition coefficient (Wildman–Crippen LogP) is 1.43. The zero-order valence-electron chi connectivity index (χ0n) is 11.9. The van der Waals surface area contributed by atoms with Gasteiger partial charge in [0.1, 0.15) is 5.69 Å². The highest BCUT2D eigenvalue weighted by Crippen LogP contribution is 2.20. The van der Waals surface area contributed by atoms with E-state index in [2.05, 4.69) is 20.2 Å². The van der Waals surface area contributed by atoms with Crippen LogP contribution in [0.25, 0.3) is 22.6 Å². The number of nitrogens with one attached hydrogen (secondary N) is 2. The summed E-state index contributed by atoms with van der Waals surface area (Å²) in [5, 5.41) is 6.79. The van der Waals surface area contributed by atoms with E-state index in [0.717, 1.165) is 16.7 Å². The van der Waals surface area contributed by atoms with Crippen molar-refractivity contribution in [1.82, 2.24) is 25.1 Å². The van der Waals surface area contributed by atoms with Crippen LogP contribution in [-0.4, -0.2) is 57.3 Å². The van der Waals surface area contributed by atoms with Crippen molar-refractivity contribution >= 4 is 16.9 Å². The third-order valence-corrected chi connectivity index (χ3v) is 3.78. The van der Waals surface area contributed by atoms with Crippen molar-refractivity contribution < 1.29 is 9.53 Å². The number of hydrogen-bond donors (Lipinski definition) is 2. The average Bonchev–Trinajstić information content (AvgIpc) is 3.23. The van der Waals surface area contributed by atoms with Crippen molar-refractivity contribution in [2.24, 2.45) is 0 Å². The molecule has 4 rings (SSSR count). The number of hydrogen-bond acceptors (Lipinski definition) is 4. The second-order valence-corrected chi connectivity index (χ2v) is 5.19. The third-order valence-electron chi connectivity index (χ3n) is 3.78. The lowest BCUT2D eigenvalue weighted by molar-refractivity contribution is 0.0303. The molecule has 0 radical (unpaired) electrons. The van der Waals surface area contributed by atoms with Crippen LogP contribution in [0.5, 0.6) is 0 Å². The van der Waals surface area contributed by atoms with Crippen LogP contribution in [0, 0.1) is 0 Å². The monoisotopic (exact) mass is 297 g/mol. The van der Waals surface area contributed by atoms with Gasteiger partial charge in [0.2, 0.25) is 0 Å². The van der Waals surface area contributed by atoms with Crippen molar-refractivity contribution in [2.45, 2.75) is 0 Å². The maximum absolute atomic E-state index is 12.5. The van der Waals surface area contributed by atoms with Gasteiger partial charge < -0.3 is 14.6 Å². The highest BCUT2D eigenvalue weighted by atomic mass is 16.5. The summed E-state index contributed by atoms with van der Waals surface area (Å²) in [5.41, 5.74) is 3.14. The van der Waals surface area contributed by atoms with Gasteiger partial charge >= 0.3 is 0 Å². The second kappa shape index (κ2) is 5.27. The Labute approximate surface area is 126 Å². The SMILES string of the molecule is O=C(c1ccc2nc(-c3ccn[nH]3)[nH]c2c1)N1CCOCC1. The number of rotatable bonds is 2. The minimum Gasteiger partial charge on any atom is -0.378 e. The molecule has 1 aliphatic rings. The Hall–Kier alpha value is -2.67. The number of H-pyrrole nitrogens is 2. The Balaban J connectivity index is 1.66. The molecule has 0 aliphatic carbocycles. The molecular weight excluding hydrogens is 282 g/mol. The molecule has 0 spiro atoms. The number of carbonyl (C=O) groups is 1. The van der Waals surface area contributed by atoms with Crippen LogP contribution in [-0.2, 0) is 4.74 Å². The molecule has 2 N–H and O–H groups in total.